The van der Waals surface area contributed by atoms with Crippen LogP contribution in [0.4, 0.5) is 21.9 Å². The first-order chi connectivity index (χ1) is 22.4. The number of carbonyl (C=O) groups is 1. The number of anilines is 3. The molecule has 2 aliphatic heterocycles. The number of hydrogen-bond acceptors (Lipinski definition) is 7. The SMILES string of the molecule is CCCNC(=O)Nc1ccc(N2CCN(c3ccc(OCC4COC(Cn5ccnc5)(c5ccc(Cl)cc5Cl)O4)cc3)CC2)cc1. The van der Waals surface area contributed by atoms with Crippen molar-refractivity contribution in [2.75, 3.05) is 61.1 Å². The van der Waals surface area contributed by atoms with Crippen LogP contribution in [0.25, 0.3) is 0 Å². The third-order valence-electron chi connectivity index (χ3n) is 8.09. The molecule has 3 heterocycles. The lowest BCUT2D eigenvalue weighted by molar-refractivity contribution is -0.189. The van der Waals surface area contributed by atoms with Crippen LogP contribution in [0.2, 0.25) is 10.0 Å². The van der Waals surface area contributed by atoms with Crippen molar-refractivity contribution in [2.45, 2.75) is 31.8 Å². The van der Waals surface area contributed by atoms with Gasteiger partial charge >= 0.3 is 6.03 Å². The van der Waals surface area contributed by atoms with Crippen LogP contribution in [0.1, 0.15) is 18.9 Å². The molecule has 242 valence electrons. The van der Waals surface area contributed by atoms with E-state index in [0.29, 0.717) is 41.9 Å². The van der Waals surface area contributed by atoms with Gasteiger partial charge in [0.2, 0.25) is 5.79 Å². The van der Waals surface area contributed by atoms with Crippen LogP contribution in [0, 0.1) is 0 Å². The predicted molar refractivity (Wildman–Crippen MR) is 181 cm³/mol. The van der Waals surface area contributed by atoms with Gasteiger partial charge in [-0.25, -0.2) is 9.78 Å². The summed E-state index contributed by atoms with van der Waals surface area (Å²) in [7, 11) is 0. The smallest absolute Gasteiger partial charge is 0.319 e. The molecule has 0 saturated carbocycles. The van der Waals surface area contributed by atoms with Gasteiger partial charge in [0.05, 0.1) is 24.5 Å². The largest absolute Gasteiger partial charge is 0.491 e. The van der Waals surface area contributed by atoms with E-state index < -0.39 is 5.79 Å². The lowest BCUT2D eigenvalue weighted by atomic mass is 10.1. The summed E-state index contributed by atoms with van der Waals surface area (Å²) in [5.74, 6) is -0.328. The highest BCUT2D eigenvalue weighted by Gasteiger charge is 2.45. The first kappa shape index (κ1) is 32.0. The number of amides is 2. The first-order valence-electron chi connectivity index (χ1n) is 15.5. The van der Waals surface area contributed by atoms with E-state index in [-0.39, 0.29) is 12.1 Å². The van der Waals surface area contributed by atoms with E-state index in [0.717, 1.165) is 55.4 Å². The minimum Gasteiger partial charge on any atom is -0.491 e. The van der Waals surface area contributed by atoms with Gasteiger partial charge in [-0.1, -0.05) is 36.2 Å². The van der Waals surface area contributed by atoms with Gasteiger partial charge in [-0.05, 0) is 67.1 Å². The van der Waals surface area contributed by atoms with Gasteiger partial charge < -0.3 is 39.2 Å². The Bertz CT molecular complexity index is 1580. The molecule has 2 amide bonds. The molecule has 2 saturated heterocycles. The molecule has 0 bridgehead atoms. The fraction of sp³-hybridized carbons (Fsp3) is 0.353. The summed E-state index contributed by atoms with van der Waals surface area (Å²) in [6.45, 7) is 7.35. The number of benzene rings is 3. The van der Waals surface area contributed by atoms with Crippen molar-refractivity contribution in [1.29, 1.82) is 0 Å². The van der Waals surface area contributed by atoms with E-state index in [1.807, 2.05) is 48.0 Å². The van der Waals surface area contributed by atoms with E-state index >= 15 is 0 Å². The van der Waals surface area contributed by atoms with Crippen LogP contribution in [0.5, 0.6) is 5.75 Å². The van der Waals surface area contributed by atoms with Gasteiger partial charge in [-0.15, -0.1) is 0 Å². The number of hydrogen-bond donors (Lipinski definition) is 2. The van der Waals surface area contributed by atoms with Gasteiger partial charge in [0.15, 0.2) is 0 Å². The van der Waals surface area contributed by atoms with Gasteiger partial charge in [0.1, 0.15) is 18.5 Å². The van der Waals surface area contributed by atoms with Crippen LogP contribution in [0.3, 0.4) is 0 Å². The summed E-state index contributed by atoms with van der Waals surface area (Å²) in [5.41, 5.74) is 3.79. The number of halogens is 2. The van der Waals surface area contributed by atoms with Gasteiger partial charge in [0.25, 0.3) is 0 Å². The fourth-order valence-electron chi connectivity index (χ4n) is 5.71. The summed E-state index contributed by atoms with van der Waals surface area (Å²) in [6, 6.07) is 21.3. The second-order valence-electron chi connectivity index (χ2n) is 11.4. The van der Waals surface area contributed by atoms with Crippen molar-refractivity contribution in [3.05, 3.63) is 101 Å². The Morgan fingerprint density at radius 2 is 1.70 bits per heavy atom. The highest BCUT2D eigenvalue weighted by atomic mass is 35.5. The van der Waals surface area contributed by atoms with E-state index in [2.05, 4.69) is 49.7 Å². The third-order valence-corrected chi connectivity index (χ3v) is 8.64. The molecule has 10 nitrogen and oxygen atoms in total. The topological polar surface area (TPSA) is 93.1 Å². The Morgan fingerprint density at radius 1 is 1.00 bits per heavy atom. The van der Waals surface area contributed by atoms with Crippen molar-refractivity contribution in [1.82, 2.24) is 14.9 Å². The number of aromatic nitrogens is 2. The Morgan fingerprint density at radius 3 is 2.33 bits per heavy atom. The second kappa shape index (κ2) is 14.6. The molecule has 2 atom stereocenters. The average Bonchev–Trinajstić information content (AvgIpc) is 3.74. The summed E-state index contributed by atoms with van der Waals surface area (Å²) in [5, 5.41) is 6.72. The molecule has 3 aromatic carbocycles. The zero-order valence-electron chi connectivity index (χ0n) is 25.7. The monoisotopic (exact) mass is 664 g/mol. The maximum absolute atomic E-state index is 11.9. The molecule has 0 aliphatic carbocycles. The van der Waals surface area contributed by atoms with Crippen molar-refractivity contribution in [3.8, 4) is 5.75 Å². The molecule has 4 aromatic rings. The zero-order valence-corrected chi connectivity index (χ0v) is 27.2. The second-order valence-corrected chi connectivity index (χ2v) is 12.2. The third kappa shape index (κ3) is 7.70. The number of imidazole rings is 1. The molecule has 0 spiro atoms. The van der Waals surface area contributed by atoms with Gasteiger partial charge in [-0.2, -0.15) is 0 Å². The maximum Gasteiger partial charge on any atom is 0.319 e. The minimum absolute atomic E-state index is 0.177. The van der Waals surface area contributed by atoms with Crippen molar-refractivity contribution in [3.63, 3.8) is 0 Å². The molecular weight excluding hydrogens is 627 g/mol. The Labute approximate surface area is 279 Å². The van der Waals surface area contributed by atoms with E-state index in [1.165, 1.54) is 0 Å². The molecule has 0 radical (unpaired) electrons. The molecule has 12 heteroatoms. The maximum atomic E-state index is 11.9. The number of ether oxygens (including phenoxy) is 3. The number of rotatable bonds is 11. The van der Waals surface area contributed by atoms with E-state index in [4.69, 9.17) is 37.4 Å². The molecule has 2 unspecified atom stereocenters. The van der Waals surface area contributed by atoms with E-state index in [9.17, 15) is 4.79 Å². The molecule has 6 rings (SSSR count). The van der Waals surface area contributed by atoms with Crippen molar-refractivity contribution < 1.29 is 19.0 Å². The minimum atomic E-state index is -1.09. The normalized spacial score (nSPS) is 19.7. The van der Waals surface area contributed by atoms with E-state index in [1.54, 1.807) is 24.7 Å². The van der Waals surface area contributed by atoms with Crippen LogP contribution in [-0.4, -0.2) is 67.6 Å². The van der Waals surface area contributed by atoms with Gasteiger partial charge in [-0.3, -0.25) is 0 Å². The number of piperazine rings is 1. The highest BCUT2D eigenvalue weighted by Crippen LogP contribution is 2.40. The summed E-state index contributed by atoms with van der Waals surface area (Å²) >= 11 is 12.7. The highest BCUT2D eigenvalue weighted by molar-refractivity contribution is 6.35. The van der Waals surface area contributed by atoms with Crippen LogP contribution >= 0.6 is 23.2 Å². The van der Waals surface area contributed by atoms with Crippen LogP contribution in [0.15, 0.2) is 85.5 Å². The molecule has 2 N–H and O–H groups in total. The summed E-state index contributed by atoms with van der Waals surface area (Å²) in [4.78, 5) is 20.8. The molecule has 2 aliphatic rings. The zero-order chi connectivity index (χ0) is 31.9. The standard InChI is InChI=1S/C34H38Cl2N6O4/c1-2-13-38-33(43)39-26-4-6-27(7-5-26)41-16-18-42(19-17-41)28-8-10-29(11-9-28)44-21-30-22-45-34(46-30,23-40-15-14-37-24-40)31-12-3-25(35)20-32(31)36/h3-12,14-15,20,24,30H,2,13,16-19,21-23H2,1H3,(H2,38,39,43). The van der Waals surface area contributed by atoms with Crippen molar-refractivity contribution in [2.24, 2.45) is 0 Å². The predicted octanol–water partition coefficient (Wildman–Crippen LogP) is 6.40. The quantitative estimate of drug-likeness (QED) is 0.192. The van der Waals surface area contributed by atoms with Crippen molar-refractivity contribution >= 4 is 46.3 Å². The lowest BCUT2D eigenvalue weighted by Gasteiger charge is -2.37. The first-order valence-corrected chi connectivity index (χ1v) is 16.3. The fourth-order valence-corrected chi connectivity index (χ4v) is 6.26. The Kier molecular flexibility index (Phi) is 10.2. The number of nitrogens with zero attached hydrogens (tertiary/aromatic N) is 4. The molecule has 2 fully saturated rings. The summed E-state index contributed by atoms with van der Waals surface area (Å²) in [6.07, 6.45) is 5.89. The van der Waals surface area contributed by atoms with Crippen LogP contribution in [-0.2, 0) is 21.8 Å². The lowest BCUT2D eigenvalue weighted by Crippen LogP contribution is -2.46. The number of nitrogens with one attached hydrogen (secondary N) is 2. The Balaban J connectivity index is 0.999. The van der Waals surface area contributed by atoms with Crippen LogP contribution < -0.4 is 25.2 Å². The average molecular weight is 666 g/mol. The Hall–Kier alpha value is -3.96. The molecule has 1 aromatic heterocycles. The molecular formula is C34H38Cl2N6O4. The number of urea groups is 1. The van der Waals surface area contributed by atoms with Gasteiger partial charge in [0, 0.05) is 72.8 Å². The molecule has 46 heavy (non-hydrogen) atoms. The summed E-state index contributed by atoms with van der Waals surface area (Å²) < 4.78 is 20.8. The number of carbonyl (C=O) groups excluding carboxylic acids is 1.